The van der Waals surface area contributed by atoms with Crippen LogP contribution < -0.4 is 10.5 Å². The van der Waals surface area contributed by atoms with Crippen LogP contribution in [0.5, 0.6) is 0 Å². The molecule has 1 aromatic heterocycles. The van der Waals surface area contributed by atoms with Gasteiger partial charge in [0.1, 0.15) is 25.9 Å². The summed E-state index contributed by atoms with van der Waals surface area (Å²) in [5, 5.41) is 9.78. The van der Waals surface area contributed by atoms with E-state index in [1.807, 2.05) is 13.8 Å². The third kappa shape index (κ3) is 7.31. The van der Waals surface area contributed by atoms with Gasteiger partial charge in [0.05, 0.1) is 4.90 Å². The fourth-order valence-electron chi connectivity index (χ4n) is 1.88. The van der Waals surface area contributed by atoms with Gasteiger partial charge in [-0.3, -0.25) is 4.79 Å². The van der Waals surface area contributed by atoms with Crippen molar-refractivity contribution in [2.75, 3.05) is 0 Å². The van der Waals surface area contributed by atoms with Crippen molar-refractivity contribution in [3.05, 3.63) is 15.8 Å². The van der Waals surface area contributed by atoms with Gasteiger partial charge in [0.25, 0.3) is 5.91 Å². The Morgan fingerprint density at radius 3 is 2.48 bits per heavy atom. The van der Waals surface area contributed by atoms with Gasteiger partial charge in [0.15, 0.2) is 0 Å². The van der Waals surface area contributed by atoms with Crippen LogP contribution in [0, 0.1) is 5.92 Å². The number of halogens is 1. The Balaban J connectivity index is 3.05. The Labute approximate surface area is 157 Å². The number of carbonyl (C=O) groups is 2. The molecule has 1 unspecified atom stereocenters. The third-order valence-electron chi connectivity index (χ3n) is 2.82. The van der Waals surface area contributed by atoms with E-state index in [-0.39, 0.29) is 15.1 Å². The van der Waals surface area contributed by atoms with Gasteiger partial charge in [-0.1, -0.05) is 25.4 Å². The highest BCUT2D eigenvalue weighted by Crippen LogP contribution is 2.27. The first-order valence-corrected chi connectivity index (χ1v) is 10.5. The molecule has 0 aliphatic rings. The summed E-state index contributed by atoms with van der Waals surface area (Å²) in [4.78, 5) is 24.5. The van der Waals surface area contributed by atoms with Crippen LogP contribution in [0.3, 0.4) is 0 Å². The summed E-state index contributed by atoms with van der Waals surface area (Å²) in [5.74, 6) is -0.702. The maximum atomic E-state index is 12.6. The number of rotatable bonds is 5. The second kappa shape index (κ2) is 8.48. The molecule has 0 fully saturated rings. The van der Waals surface area contributed by atoms with Crippen LogP contribution in [0.25, 0.3) is 0 Å². The average Bonchev–Trinajstić information content (AvgIpc) is 2.81. The van der Waals surface area contributed by atoms with Gasteiger partial charge in [-0.25, -0.2) is 14.1 Å². The molecule has 1 aromatic rings. The summed E-state index contributed by atoms with van der Waals surface area (Å²) in [7, 11) is -3.49. The number of alkyl carbamates (subject to hydrolysis) is 1. The summed E-state index contributed by atoms with van der Waals surface area (Å²) in [6.07, 6.45) is -0.451. The fraction of sp³-hybridized carbons (Fsp3) is 0.600. The molecule has 0 spiro atoms. The van der Waals surface area contributed by atoms with E-state index in [0.717, 1.165) is 11.3 Å². The number of hydrogen-bond acceptors (Lipinski definition) is 5. The normalized spacial score (nSPS) is 15.4. The maximum absolute atomic E-state index is 12.6. The van der Waals surface area contributed by atoms with Crippen LogP contribution in [-0.2, 0) is 19.4 Å². The predicted octanol–water partition coefficient (Wildman–Crippen LogP) is 3.57. The van der Waals surface area contributed by atoms with Crippen LogP contribution in [0.2, 0.25) is 4.34 Å². The predicted molar refractivity (Wildman–Crippen MR) is 100.0 cm³/mol. The molecule has 25 heavy (non-hydrogen) atoms. The first-order chi connectivity index (χ1) is 11.3. The van der Waals surface area contributed by atoms with E-state index in [1.54, 1.807) is 26.2 Å². The number of hydrogen-bond donors (Lipinski definition) is 2. The molecule has 0 saturated carbocycles. The molecule has 142 valence electrons. The lowest BCUT2D eigenvalue weighted by Crippen LogP contribution is -2.44. The molecular formula is C15H24ClN3O4S2. The standard InChI is InChI=1S/C15H24ClN3O4S2/c1-9(2)8-10(18-14(21)23-15(3,4)5)13(20)19-25(17,22)11-6-7-24-12(11)16/h6-7,9-10H,8H2,1-5H3,(H,18,21)(H2,17,19,20,22)/t10-,25?/m0/s1. The number of nitrogens with one attached hydrogen (secondary N) is 1. The van der Waals surface area contributed by atoms with Crippen molar-refractivity contribution in [3.63, 3.8) is 0 Å². The van der Waals surface area contributed by atoms with Crippen LogP contribution in [0.4, 0.5) is 4.79 Å². The largest absolute Gasteiger partial charge is 0.444 e. The number of thiophene rings is 1. The highest BCUT2D eigenvalue weighted by atomic mass is 35.5. The SMILES string of the molecule is CC(C)C[C@H](NC(=O)OC(C)(C)C)C(=O)N=S(N)(=O)c1ccsc1Cl. The first kappa shape index (κ1) is 21.9. The summed E-state index contributed by atoms with van der Waals surface area (Å²) in [5.41, 5.74) is -0.710. The smallest absolute Gasteiger partial charge is 0.408 e. The third-order valence-corrected chi connectivity index (χ3v) is 5.65. The molecule has 7 nitrogen and oxygen atoms in total. The summed E-state index contributed by atoms with van der Waals surface area (Å²) in [6.45, 7) is 8.89. The minimum atomic E-state index is -3.49. The fourth-order valence-corrected chi connectivity index (χ4v) is 4.51. The Hall–Kier alpha value is -1.16. The van der Waals surface area contributed by atoms with E-state index in [0.29, 0.717) is 6.42 Å². The molecule has 0 aliphatic heterocycles. The number of nitrogens with two attached hydrogens (primary N) is 1. The Kier molecular flexibility index (Phi) is 7.42. The second-order valence-electron chi connectivity index (χ2n) is 6.89. The zero-order valence-electron chi connectivity index (χ0n) is 14.9. The van der Waals surface area contributed by atoms with Gasteiger partial charge < -0.3 is 10.1 Å². The lowest BCUT2D eigenvalue weighted by Gasteiger charge is -2.23. The van der Waals surface area contributed by atoms with Gasteiger partial charge in [-0.2, -0.15) is 0 Å². The molecule has 0 bridgehead atoms. The average molecular weight is 410 g/mol. The molecule has 1 heterocycles. The Bertz CT molecular complexity index is 746. The second-order valence-corrected chi connectivity index (χ2v) is 10.2. The van der Waals surface area contributed by atoms with Crippen molar-refractivity contribution >= 4 is 44.9 Å². The lowest BCUT2D eigenvalue weighted by molar-refractivity contribution is -0.120. The number of carbonyl (C=O) groups excluding carboxylic acids is 2. The van der Waals surface area contributed by atoms with Crippen molar-refractivity contribution in [1.82, 2.24) is 5.32 Å². The lowest BCUT2D eigenvalue weighted by atomic mass is 10.0. The highest BCUT2D eigenvalue weighted by molar-refractivity contribution is 7.92. The molecule has 0 aromatic carbocycles. The van der Waals surface area contributed by atoms with E-state index in [4.69, 9.17) is 21.5 Å². The Morgan fingerprint density at radius 1 is 1.44 bits per heavy atom. The zero-order chi connectivity index (χ0) is 19.4. The molecule has 0 radical (unpaired) electrons. The molecule has 0 saturated heterocycles. The van der Waals surface area contributed by atoms with Crippen molar-refractivity contribution < 1.29 is 18.5 Å². The molecule has 0 aliphatic carbocycles. The van der Waals surface area contributed by atoms with Crippen LogP contribution in [0.15, 0.2) is 20.7 Å². The van der Waals surface area contributed by atoms with Crippen LogP contribution in [0.1, 0.15) is 41.0 Å². The van der Waals surface area contributed by atoms with Crippen LogP contribution in [-0.4, -0.2) is 27.9 Å². The minimum absolute atomic E-state index is 0.0812. The first-order valence-electron chi connectivity index (χ1n) is 7.63. The number of nitrogens with zero attached hydrogens (tertiary/aromatic N) is 1. The quantitative estimate of drug-likeness (QED) is 0.774. The summed E-state index contributed by atoms with van der Waals surface area (Å²) < 4.78 is 21.6. The summed E-state index contributed by atoms with van der Waals surface area (Å²) >= 11 is 7.07. The topological polar surface area (TPSA) is 111 Å². The summed E-state index contributed by atoms with van der Waals surface area (Å²) in [6, 6.07) is 0.474. The molecule has 2 atom stereocenters. The van der Waals surface area contributed by atoms with Crippen molar-refractivity contribution in [2.45, 2.75) is 57.6 Å². The van der Waals surface area contributed by atoms with Crippen molar-refractivity contribution in [2.24, 2.45) is 15.4 Å². The molecule has 10 heteroatoms. The van der Waals surface area contributed by atoms with E-state index in [2.05, 4.69) is 9.68 Å². The molecule has 2 amide bonds. The zero-order valence-corrected chi connectivity index (χ0v) is 17.3. The highest BCUT2D eigenvalue weighted by Gasteiger charge is 2.26. The van der Waals surface area contributed by atoms with Gasteiger partial charge in [-0.05, 0) is 44.6 Å². The molecular weight excluding hydrogens is 386 g/mol. The van der Waals surface area contributed by atoms with Crippen LogP contribution >= 0.6 is 22.9 Å². The minimum Gasteiger partial charge on any atom is -0.444 e. The number of ether oxygens (including phenoxy) is 1. The molecule has 3 N–H and O–H groups in total. The van der Waals surface area contributed by atoms with E-state index < -0.39 is 33.6 Å². The van der Waals surface area contributed by atoms with Crippen molar-refractivity contribution in [1.29, 1.82) is 0 Å². The maximum Gasteiger partial charge on any atom is 0.408 e. The van der Waals surface area contributed by atoms with Gasteiger partial charge in [0.2, 0.25) is 0 Å². The van der Waals surface area contributed by atoms with Gasteiger partial charge in [-0.15, -0.1) is 15.7 Å². The van der Waals surface area contributed by atoms with E-state index >= 15 is 0 Å². The van der Waals surface area contributed by atoms with E-state index in [1.165, 1.54) is 6.07 Å². The van der Waals surface area contributed by atoms with Gasteiger partial charge in [0, 0.05) is 0 Å². The van der Waals surface area contributed by atoms with Crippen molar-refractivity contribution in [3.8, 4) is 0 Å². The Morgan fingerprint density at radius 2 is 2.04 bits per heavy atom. The van der Waals surface area contributed by atoms with E-state index in [9.17, 15) is 13.8 Å². The molecule has 1 rings (SSSR count). The van der Waals surface area contributed by atoms with Gasteiger partial charge >= 0.3 is 6.09 Å². The monoisotopic (exact) mass is 409 g/mol. The number of amides is 2.